The number of hydrogen-bond donors (Lipinski definition) is 0. The Hall–Kier alpha value is -3.38. The van der Waals surface area contributed by atoms with E-state index >= 15 is 0 Å². The van der Waals surface area contributed by atoms with Gasteiger partial charge in [0.1, 0.15) is 0 Å². The SMILES string of the molecule is CC(C)n1cc(C(F)(F)F)nc1-c1ccc(CN2CCc3cnc(-c4c(OC(F)F)ncnc4C4CC4)nc32)[se]1. The van der Waals surface area contributed by atoms with Crippen molar-refractivity contribution in [2.24, 2.45) is 0 Å². The van der Waals surface area contributed by atoms with E-state index in [-0.39, 0.29) is 43.7 Å². The average molecular weight is 624 g/mol. The standard InChI is InChI=1S/C26H24F5N7OSe/c1-13(2)38-11-18(26(29,30)31)35-23(38)17-6-5-16(40-17)10-37-8-7-15-9-32-21(36-22(15)37)19-20(14-3-4-14)33-12-34-24(19)39-25(27)28/h5-6,9,11-14,25H,3-4,7-8,10H2,1-2H3. The van der Waals surface area contributed by atoms with Crippen LogP contribution in [-0.4, -0.2) is 57.1 Å². The molecule has 0 radical (unpaired) electrons. The van der Waals surface area contributed by atoms with E-state index in [4.69, 9.17) is 9.72 Å². The van der Waals surface area contributed by atoms with Crippen molar-refractivity contribution >= 4 is 20.3 Å². The van der Waals surface area contributed by atoms with E-state index in [1.165, 1.54) is 6.33 Å². The molecule has 4 aromatic rings. The molecule has 0 atom stereocenters. The molecule has 1 fully saturated rings. The first kappa shape index (κ1) is 26.8. The summed E-state index contributed by atoms with van der Waals surface area (Å²) >= 11 is -0.232. The van der Waals surface area contributed by atoms with Crippen molar-refractivity contribution in [3.8, 4) is 27.5 Å². The van der Waals surface area contributed by atoms with E-state index in [9.17, 15) is 22.0 Å². The van der Waals surface area contributed by atoms with Gasteiger partial charge in [0, 0.05) is 0 Å². The molecule has 8 nitrogen and oxygen atoms in total. The van der Waals surface area contributed by atoms with Gasteiger partial charge < -0.3 is 0 Å². The van der Waals surface area contributed by atoms with Crippen LogP contribution in [0.15, 0.2) is 30.9 Å². The van der Waals surface area contributed by atoms with Crippen molar-refractivity contribution in [3.05, 3.63) is 52.2 Å². The minimum atomic E-state index is -4.52. The molecule has 0 bridgehead atoms. The van der Waals surface area contributed by atoms with Crippen LogP contribution in [0.3, 0.4) is 0 Å². The first-order valence-corrected chi connectivity index (χ1v) is 14.5. The number of nitrogens with zero attached hydrogens (tertiary/aromatic N) is 7. The second kappa shape index (κ2) is 10.2. The van der Waals surface area contributed by atoms with Gasteiger partial charge in [-0.1, -0.05) is 0 Å². The molecule has 14 heteroatoms. The fourth-order valence-corrected chi connectivity index (χ4v) is 6.93. The summed E-state index contributed by atoms with van der Waals surface area (Å²) in [7, 11) is 0. The van der Waals surface area contributed by atoms with Crippen LogP contribution < -0.4 is 9.64 Å². The molecule has 5 heterocycles. The van der Waals surface area contributed by atoms with Gasteiger partial charge in [-0.3, -0.25) is 0 Å². The Labute approximate surface area is 232 Å². The topological polar surface area (TPSA) is 81.9 Å². The zero-order chi connectivity index (χ0) is 28.2. The zero-order valence-corrected chi connectivity index (χ0v) is 23.2. The number of anilines is 1. The van der Waals surface area contributed by atoms with Crippen molar-refractivity contribution in [1.29, 1.82) is 0 Å². The van der Waals surface area contributed by atoms with Gasteiger partial charge in [-0.05, 0) is 0 Å². The predicted octanol–water partition coefficient (Wildman–Crippen LogP) is 5.50. The number of rotatable bonds is 8. The van der Waals surface area contributed by atoms with Crippen LogP contribution in [0.2, 0.25) is 0 Å². The van der Waals surface area contributed by atoms with Gasteiger partial charge in [-0.2, -0.15) is 0 Å². The summed E-state index contributed by atoms with van der Waals surface area (Å²) in [5, 5.41) is 0. The number of alkyl halides is 5. The Morgan fingerprint density at radius 1 is 1.10 bits per heavy atom. The third-order valence-corrected chi connectivity index (χ3v) is 9.07. The fraction of sp³-hybridized carbons (Fsp3) is 0.423. The number of aromatic nitrogens is 6. The molecule has 6 rings (SSSR count). The van der Waals surface area contributed by atoms with E-state index in [1.807, 2.05) is 26.0 Å². The summed E-state index contributed by atoms with van der Waals surface area (Å²) in [6.45, 7) is 1.80. The van der Waals surface area contributed by atoms with Gasteiger partial charge in [-0.15, -0.1) is 0 Å². The molecule has 0 aromatic carbocycles. The second-order valence-corrected chi connectivity index (χ2v) is 12.5. The van der Waals surface area contributed by atoms with Crippen molar-refractivity contribution in [2.45, 2.75) is 64.4 Å². The van der Waals surface area contributed by atoms with Crippen molar-refractivity contribution in [2.75, 3.05) is 11.4 Å². The van der Waals surface area contributed by atoms with Crippen molar-refractivity contribution in [3.63, 3.8) is 0 Å². The van der Waals surface area contributed by atoms with Gasteiger partial charge in [0.15, 0.2) is 0 Å². The van der Waals surface area contributed by atoms with Crippen LogP contribution in [0.4, 0.5) is 27.8 Å². The summed E-state index contributed by atoms with van der Waals surface area (Å²) in [5.74, 6) is 1.13. The van der Waals surface area contributed by atoms with Gasteiger partial charge >= 0.3 is 232 Å². The molecule has 4 aromatic heterocycles. The van der Waals surface area contributed by atoms with Crippen LogP contribution in [0.25, 0.3) is 21.6 Å². The molecule has 1 saturated carbocycles. The molecule has 0 unspecified atom stereocenters. The summed E-state index contributed by atoms with van der Waals surface area (Å²) in [5.41, 5.74) is 0.915. The summed E-state index contributed by atoms with van der Waals surface area (Å²) in [6.07, 6.45) is 1.96. The molecule has 1 aliphatic heterocycles. The summed E-state index contributed by atoms with van der Waals surface area (Å²) < 4.78 is 74.5. The number of ether oxygens (including phenoxy) is 1. The number of imidazole rings is 1. The molecule has 210 valence electrons. The quantitative estimate of drug-likeness (QED) is 0.189. The van der Waals surface area contributed by atoms with Crippen LogP contribution >= 0.6 is 0 Å². The first-order chi connectivity index (χ1) is 19.1. The number of fused-ring (bicyclic) bond motifs is 1. The van der Waals surface area contributed by atoms with Crippen molar-refractivity contribution in [1.82, 2.24) is 29.5 Å². The third kappa shape index (κ3) is 5.22. The zero-order valence-electron chi connectivity index (χ0n) is 21.5. The van der Waals surface area contributed by atoms with E-state index in [2.05, 4.69) is 24.8 Å². The van der Waals surface area contributed by atoms with Crippen LogP contribution in [-0.2, 0) is 19.1 Å². The molecule has 2 aliphatic rings. The van der Waals surface area contributed by atoms with Gasteiger partial charge in [0.2, 0.25) is 0 Å². The van der Waals surface area contributed by atoms with Crippen LogP contribution in [0.1, 0.15) is 60.0 Å². The monoisotopic (exact) mass is 625 g/mol. The van der Waals surface area contributed by atoms with Crippen molar-refractivity contribution < 1.29 is 26.7 Å². The number of halogens is 5. The van der Waals surface area contributed by atoms with E-state index < -0.39 is 18.5 Å². The van der Waals surface area contributed by atoms with Gasteiger partial charge in [0.05, 0.1) is 0 Å². The van der Waals surface area contributed by atoms with E-state index in [0.29, 0.717) is 36.8 Å². The Kier molecular flexibility index (Phi) is 6.86. The summed E-state index contributed by atoms with van der Waals surface area (Å²) in [6, 6.07) is 3.60. The Bertz CT molecular complexity index is 1550. The molecular weight excluding hydrogens is 600 g/mol. The van der Waals surface area contributed by atoms with Crippen LogP contribution in [0, 0.1) is 0 Å². The normalized spacial score (nSPS) is 15.4. The average Bonchev–Trinajstić information content (AvgIpc) is 3.28. The van der Waals surface area contributed by atoms with Crippen LogP contribution in [0.5, 0.6) is 5.88 Å². The number of hydrogen-bond acceptors (Lipinski definition) is 7. The molecule has 40 heavy (non-hydrogen) atoms. The second-order valence-electron chi connectivity index (χ2n) is 10.0. The van der Waals surface area contributed by atoms with Gasteiger partial charge in [-0.25, -0.2) is 0 Å². The van der Waals surface area contributed by atoms with Gasteiger partial charge in [0.25, 0.3) is 0 Å². The van der Waals surface area contributed by atoms with E-state index in [1.54, 1.807) is 10.8 Å². The molecular formula is C26H24F5N7OSe. The fourth-order valence-electron chi connectivity index (χ4n) is 4.79. The van der Waals surface area contributed by atoms with E-state index in [0.717, 1.165) is 33.5 Å². The molecule has 0 spiro atoms. The molecule has 1 aliphatic carbocycles. The minimum absolute atomic E-state index is 0.123. The Balaban J connectivity index is 1.30. The third-order valence-electron chi connectivity index (χ3n) is 6.83. The molecule has 0 N–H and O–H groups in total. The molecule has 0 saturated heterocycles. The maximum absolute atomic E-state index is 13.4. The maximum atomic E-state index is 13.4. The molecule has 0 amide bonds. The Morgan fingerprint density at radius 3 is 2.60 bits per heavy atom. The summed E-state index contributed by atoms with van der Waals surface area (Å²) in [4.78, 5) is 23.5. The first-order valence-electron chi connectivity index (χ1n) is 12.7. The predicted molar refractivity (Wildman–Crippen MR) is 136 cm³/mol. The Morgan fingerprint density at radius 2 is 1.90 bits per heavy atom.